The summed E-state index contributed by atoms with van der Waals surface area (Å²) in [6, 6.07) is -0.533. The molecular weight excluding hydrogens is 374 g/mol. The molecule has 0 saturated carbocycles. The zero-order valence-electron chi connectivity index (χ0n) is 15.9. The average Bonchev–Trinajstić information content (AvgIpc) is 2.57. The van der Waals surface area contributed by atoms with Crippen LogP contribution in [-0.2, 0) is 9.53 Å². The average molecular weight is 402 g/mol. The number of rotatable bonds is 7. The van der Waals surface area contributed by atoms with Crippen LogP contribution in [0.4, 0.5) is 11.9 Å². The molecule has 0 radical (unpaired) electrons. The minimum Gasteiger partial charge on any atom is -0.458 e. The summed E-state index contributed by atoms with van der Waals surface area (Å²) in [5.41, 5.74) is -0.550. The summed E-state index contributed by atoms with van der Waals surface area (Å²) in [6.45, 7) is 7.36. The van der Waals surface area contributed by atoms with Crippen molar-refractivity contribution in [3.05, 3.63) is 5.28 Å². The lowest BCUT2D eigenvalue weighted by molar-refractivity contribution is -0.155. The number of hydrogen-bond acceptors (Lipinski definition) is 8. The molecular formula is C17H28ClN5O2S. The standard InChI is InChI=1S/C17H28ClN5O2S/c1-17(2,3)25-13(24)12(8-11-26-4)19-15-20-14(18)21-16(22-15)23-9-6-5-7-10-23/h12H,5-11H2,1-4H3,(H,19,20,21,22)/t12-/m0/s1. The third-order valence-corrected chi connectivity index (χ3v) is 4.65. The van der Waals surface area contributed by atoms with Crippen molar-refractivity contribution < 1.29 is 9.53 Å². The lowest BCUT2D eigenvalue weighted by Gasteiger charge is -2.27. The van der Waals surface area contributed by atoms with E-state index in [-0.39, 0.29) is 11.3 Å². The van der Waals surface area contributed by atoms with E-state index < -0.39 is 11.6 Å². The second kappa shape index (κ2) is 9.60. The third-order valence-electron chi connectivity index (χ3n) is 3.84. The van der Waals surface area contributed by atoms with Crippen LogP contribution in [0.1, 0.15) is 46.5 Å². The van der Waals surface area contributed by atoms with Crippen molar-refractivity contribution in [2.24, 2.45) is 0 Å². The molecule has 0 aromatic carbocycles. The number of nitrogens with one attached hydrogen (secondary N) is 1. The molecule has 1 aliphatic heterocycles. The van der Waals surface area contributed by atoms with Crippen molar-refractivity contribution in [3.8, 4) is 0 Å². The molecule has 2 heterocycles. The van der Waals surface area contributed by atoms with Gasteiger partial charge in [0.25, 0.3) is 0 Å². The zero-order chi connectivity index (χ0) is 19.2. The lowest BCUT2D eigenvalue weighted by Crippen LogP contribution is -2.38. The maximum atomic E-state index is 12.5. The van der Waals surface area contributed by atoms with E-state index in [2.05, 4.69) is 25.2 Å². The molecule has 0 aliphatic carbocycles. The molecule has 7 nitrogen and oxygen atoms in total. The van der Waals surface area contributed by atoms with Gasteiger partial charge in [-0.25, -0.2) is 4.79 Å². The molecule has 0 amide bonds. The first kappa shape index (κ1) is 21.0. The van der Waals surface area contributed by atoms with Crippen LogP contribution in [0.15, 0.2) is 0 Å². The fourth-order valence-corrected chi connectivity index (χ4v) is 3.28. The van der Waals surface area contributed by atoms with Gasteiger partial charge in [-0.2, -0.15) is 26.7 Å². The highest BCUT2D eigenvalue weighted by Gasteiger charge is 2.26. The zero-order valence-corrected chi connectivity index (χ0v) is 17.5. The van der Waals surface area contributed by atoms with Crippen molar-refractivity contribution in [1.82, 2.24) is 15.0 Å². The Hall–Kier alpha value is -1.28. The van der Waals surface area contributed by atoms with Crippen LogP contribution in [0.5, 0.6) is 0 Å². The molecule has 1 fully saturated rings. The fourth-order valence-electron chi connectivity index (χ4n) is 2.65. The van der Waals surface area contributed by atoms with Crippen molar-refractivity contribution in [3.63, 3.8) is 0 Å². The number of nitrogens with zero attached hydrogens (tertiary/aromatic N) is 4. The quantitative estimate of drug-likeness (QED) is 0.696. The van der Waals surface area contributed by atoms with Crippen LogP contribution < -0.4 is 10.2 Å². The highest BCUT2D eigenvalue weighted by atomic mass is 35.5. The molecule has 1 aromatic rings. The van der Waals surface area contributed by atoms with Gasteiger partial charge >= 0.3 is 5.97 Å². The van der Waals surface area contributed by atoms with Gasteiger partial charge in [-0.1, -0.05) is 0 Å². The molecule has 2 rings (SSSR count). The number of ether oxygens (including phenoxy) is 1. The first-order valence-corrected chi connectivity index (χ1v) is 10.7. The van der Waals surface area contributed by atoms with E-state index in [0.29, 0.717) is 18.3 Å². The van der Waals surface area contributed by atoms with E-state index in [9.17, 15) is 4.79 Å². The van der Waals surface area contributed by atoms with Gasteiger partial charge in [-0.15, -0.1) is 0 Å². The third kappa shape index (κ3) is 6.79. The Kier molecular flexibility index (Phi) is 7.76. The molecule has 146 valence electrons. The van der Waals surface area contributed by atoms with E-state index in [4.69, 9.17) is 16.3 Å². The van der Waals surface area contributed by atoms with E-state index >= 15 is 0 Å². The van der Waals surface area contributed by atoms with Gasteiger partial charge in [-0.3, -0.25) is 0 Å². The van der Waals surface area contributed by atoms with E-state index in [0.717, 1.165) is 31.7 Å². The second-order valence-corrected chi connectivity index (χ2v) is 8.61. The van der Waals surface area contributed by atoms with Gasteiger partial charge in [0, 0.05) is 13.1 Å². The predicted octanol–water partition coefficient (Wildman–Crippen LogP) is 3.39. The molecule has 26 heavy (non-hydrogen) atoms. The van der Waals surface area contributed by atoms with Crippen LogP contribution in [0.25, 0.3) is 0 Å². The van der Waals surface area contributed by atoms with Crippen LogP contribution in [0.2, 0.25) is 5.28 Å². The van der Waals surface area contributed by atoms with Gasteiger partial charge in [0.05, 0.1) is 0 Å². The Morgan fingerprint density at radius 3 is 2.58 bits per heavy atom. The largest absolute Gasteiger partial charge is 0.458 e. The number of hydrogen-bond donors (Lipinski definition) is 1. The van der Waals surface area contributed by atoms with Crippen molar-refractivity contribution in [2.75, 3.05) is 35.3 Å². The first-order valence-electron chi connectivity index (χ1n) is 8.93. The van der Waals surface area contributed by atoms with E-state index in [1.165, 1.54) is 6.42 Å². The fraction of sp³-hybridized carbons (Fsp3) is 0.765. The highest BCUT2D eigenvalue weighted by Crippen LogP contribution is 2.20. The molecule has 0 spiro atoms. The van der Waals surface area contributed by atoms with E-state index in [1.807, 2.05) is 27.0 Å². The Morgan fingerprint density at radius 2 is 1.96 bits per heavy atom. The number of carbonyl (C=O) groups is 1. The number of aromatic nitrogens is 3. The number of esters is 1. The first-order chi connectivity index (χ1) is 12.3. The van der Waals surface area contributed by atoms with Crippen LogP contribution in [0, 0.1) is 0 Å². The lowest BCUT2D eigenvalue weighted by atomic mass is 10.1. The van der Waals surface area contributed by atoms with E-state index in [1.54, 1.807) is 11.8 Å². The molecule has 1 aromatic heterocycles. The monoisotopic (exact) mass is 401 g/mol. The normalized spacial score (nSPS) is 16.3. The minimum absolute atomic E-state index is 0.121. The van der Waals surface area contributed by atoms with Crippen LogP contribution >= 0.6 is 23.4 Å². The molecule has 1 saturated heterocycles. The second-order valence-electron chi connectivity index (χ2n) is 7.29. The summed E-state index contributed by atoms with van der Waals surface area (Å²) < 4.78 is 5.52. The predicted molar refractivity (Wildman–Crippen MR) is 107 cm³/mol. The van der Waals surface area contributed by atoms with Crippen LogP contribution in [0.3, 0.4) is 0 Å². The summed E-state index contributed by atoms with van der Waals surface area (Å²) in [7, 11) is 0. The summed E-state index contributed by atoms with van der Waals surface area (Å²) in [6.07, 6.45) is 6.05. The topological polar surface area (TPSA) is 80.2 Å². The van der Waals surface area contributed by atoms with Crippen LogP contribution in [-0.4, -0.2) is 57.7 Å². The molecule has 1 atom stereocenters. The summed E-state index contributed by atoms with van der Waals surface area (Å²) in [4.78, 5) is 27.5. The summed E-state index contributed by atoms with van der Waals surface area (Å²) in [5, 5.41) is 3.22. The van der Waals surface area contributed by atoms with Gasteiger partial charge in [-0.05, 0) is 70.1 Å². The number of anilines is 2. The Labute approximate surface area is 164 Å². The molecule has 1 aliphatic rings. The minimum atomic E-state index is -0.550. The smallest absolute Gasteiger partial charge is 0.329 e. The maximum absolute atomic E-state index is 12.5. The van der Waals surface area contributed by atoms with Gasteiger partial charge in [0.2, 0.25) is 17.2 Å². The van der Waals surface area contributed by atoms with Crippen molar-refractivity contribution >= 4 is 41.2 Å². The molecule has 0 bridgehead atoms. The Morgan fingerprint density at radius 1 is 1.27 bits per heavy atom. The molecule has 0 unspecified atom stereocenters. The highest BCUT2D eigenvalue weighted by molar-refractivity contribution is 7.98. The van der Waals surface area contributed by atoms with Gasteiger partial charge in [0.1, 0.15) is 11.6 Å². The Bertz CT molecular complexity index is 605. The SMILES string of the molecule is CSCC[C@H](Nc1nc(Cl)nc(N2CCCCC2)n1)C(=O)OC(C)(C)C. The van der Waals surface area contributed by atoms with Crippen molar-refractivity contribution in [1.29, 1.82) is 0 Å². The maximum Gasteiger partial charge on any atom is 0.329 e. The number of thioether (sulfide) groups is 1. The number of carbonyl (C=O) groups excluding carboxylic acids is 1. The summed E-state index contributed by atoms with van der Waals surface area (Å²) >= 11 is 7.76. The molecule has 1 N–H and O–H groups in total. The Balaban J connectivity index is 2.15. The number of piperidine rings is 1. The van der Waals surface area contributed by atoms with Gasteiger partial charge in [0.15, 0.2) is 0 Å². The van der Waals surface area contributed by atoms with Crippen molar-refractivity contribution in [2.45, 2.75) is 58.1 Å². The molecule has 9 heteroatoms. The summed E-state index contributed by atoms with van der Waals surface area (Å²) in [5.74, 6) is 1.36. The van der Waals surface area contributed by atoms with Gasteiger partial charge < -0.3 is 15.0 Å². The number of halogens is 1.